The minimum Gasteiger partial charge on any atom is -0.332 e. The van der Waals surface area contributed by atoms with Gasteiger partial charge in [-0.2, -0.15) is 0 Å². The third-order valence-corrected chi connectivity index (χ3v) is 6.85. The van der Waals surface area contributed by atoms with Gasteiger partial charge >= 0.3 is 0 Å². The van der Waals surface area contributed by atoms with E-state index in [4.69, 9.17) is 4.98 Å². The summed E-state index contributed by atoms with van der Waals surface area (Å²) in [4.78, 5) is 34.5. The molecule has 0 aliphatic carbocycles. The second-order valence-corrected chi connectivity index (χ2v) is 9.99. The Kier molecular flexibility index (Phi) is 8.54. The van der Waals surface area contributed by atoms with Crippen LogP contribution in [0.25, 0.3) is 16.6 Å². The molecule has 1 unspecified atom stereocenters. The summed E-state index contributed by atoms with van der Waals surface area (Å²) in [5.41, 5.74) is 3.70. The Labute approximate surface area is 219 Å². The summed E-state index contributed by atoms with van der Waals surface area (Å²) < 4.78 is 1.72. The summed E-state index contributed by atoms with van der Waals surface area (Å²) in [6.45, 7) is 8.87. The molecule has 1 heterocycles. The van der Waals surface area contributed by atoms with Crippen molar-refractivity contribution in [1.82, 2.24) is 14.5 Å². The molecule has 0 saturated heterocycles. The number of benzene rings is 3. The fourth-order valence-electron chi connectivity index (χ4n) is 4.86. The number of para-hydroxylation sites is 1. The van der Waals surface area contributed by atoms with Crippen LogP contribution >= 0.6 is 0 Å². The molecule has 3 aromatic carbocycles. The van der Waals surface area contributed by atoms with Gasteiger partial charge in [-0.25, -0.2) is 4.98 Å². The molecule has 5 nitrogen and oxygen atoms in total. The minimum atomic E-state index is -0.335. The van der Waals surface area contributed by atoms with Crippen molar-refractivity contribution in [2.75, 3.05) is 6.54 Å². The van der Waals surface area contributed by atoms with Gasteiger partial charge in [0, 0.05) is 13.0 Å². The SMILES string of the molecule is CCc1ccc(-n2c(C(CC)N(CCc3ccccc3)C(=O)CC(C)C)nc3ccccc3c2=O)cc1. The van der Waals surface area contributed by atoms with Gasteiger partial charge in [0.25, 0.3) is 5.56 Å². The number of aromatic nitrogens is 2. The predicted octanol–water partition coefficient (Wildman–Crippen LogP) is 6.52. The number of nitrogens with zero attached hydrogens (tertiary/aromatic N) is 3. The molecule has 5 heteroatoms. The molecule has 37 heavy (non-hydrogen) atoms. The molecule has 1 amide bonds. The number of carbonyl (C=O) groups is 1. The highest BCUT2D eigenvalue weighted by Crippen LogP contribution is 2.28. The summed E-state index contributed by atoms with van der Waals surface area (Å²) in [7, 11) is 0. The van der Waals surface area contributed by atoms with E-state index in [1.807, 2.05) is 59.5 Å². The van der Waals surface area contributed by atoms with Gasteiger partial charge in [-0.1, -0.05) is 82.3 Å². The second-order valence-electron chi connectivity index (χ2n) is 9.99. The van der Waals surface area contributed by atoms with Crippen molar-refractivity contribution < 1.29 is 4.79 Å². The van der Waals surface area contributed by atoms with E-state index >= 15 is 0 Å². The lowest BCUT2D eigenvalue weighted by Crippen LogP contribution is -2.40. The van der Waals surface area contributed by atoms with Crippen molar-refractivity contribution in [3.63, 3.8) is 0 Å². The topological polar surface area (TPSA) is 55.2 Å². The number of carbonyl (C=O) groups excluding carboxylic acids is 1. The van der Waals surface area contributed by atoms with Crippen molar-refractivity contribution in [1.29, 1.82) is 0 Å². The van der Waals surface area contributed by atoms with Gasteiger partial charge in [0.1, 0.15) is 5.82 Å². The van der Waals surface area contributed by atoms with Gasteiger partial charge in [0.2, 0.25) is 5.91 Å². The van der Waals surface area contributed by atoms with E-state index in [9.17, 15) is 9.59 Å². The monoisotopic (exact) mass is 495 g/mol. The highest BCUT2D eigenvalue weighted by molar-refractivity contribution is 5.79. The van der Waals surface area contributed by atoms with Crippen LogP contribution < -0.4 is 5.56 Å². The Hall–Kier alpha value is -3.73. The first-order valence-corrected chi connectivity index (χ1v) is 13.4. The zero-order valence-corrected chi connectivity index (χ0v) is 22.4. The van der Waals surface area contributed by atoms with Crippen LogP contribution in [-0.4, -0.2) is 26.9 Å². The van der Waals surface area contributed by atoms with Crippen LogP contribution in [0.3, 0.4) is 0 Å². The molecule has 4 rings (SSSR count). The van der Waals surface area contributed by atoms with E-state index < -0.39 is 0 Å². The number of hydrogen-bond acceptors (Lipinski definition) is 3. The van der Waals surface area contributed by atoms with E-state index in [1.165, 1.54) is 11.1 Å². The highest BCUT2D eigenvalue weighted by atomic mass is 16.2. The average Bonchev–Trinajstić information content (AvgIpc) is 2.91. The number of fused-ring (bicyclic) bond motifs is 1. The van der Waals surface area contributed by atoms with Gasteiger partial charge in [-0.05, 0) is 60.6 Å². The third-order valence-electron chi connectivity index (χ3n) is 6.85. The molecule has 0 aliphatic rings. The fourth-order valence-corrected chi connectivity index (χ4v) is 4.86. The van der Waals surface area contributed by atoms with E-state index in [1.54, 1.807) is 4.57 Å². The van der Waals surface area contributed by atoms with Crippen molar-refractivity contribution in [2.24, 2.45) is 5.92 Å². The zero-order valence-electron chi connectivity index (χ0n) is 22.4. The molecule has 0 fully saturated rings. The quantitative estimate of drug-likeness (QED) is 0.252. The summed E-state index contributed by atoms with van der Waals surface area (Å²) >= 11 is 0. The van der Waals surface area contributed by atoms with Crippen molar-refractivity contribution in [3.8, 4) is 5.69 Å². The lowest BCUT2D eigenvalue weighted by molar-refractivity contribution is -0.134. The maximum atomic E-state index is 13.9. The van der Waals surface area contributed by atoms with E-state index in [0.717, 1.165) is 18.5 Å². The number of rotatable bonds is 10. The average molecular weight is 496 g/mol. The molecule has 0 aliphatic heterocycles. The molecule has 0 bridgehead atoms. The Balaban J connectivity index is 1.86. The maximum absolute atomic E-state index is 13.9. The Morgan fingerprint density at radius 3 is 2.22 bits per heavy atom. The molecule has 0 radical (unpaired) electrons. The molecule has 0 N–H and O–H groups in total. The highest BCUT2D eigenvalue weighted by Gasteiger charge is 2.29. The lowest BCUT2D eigenvalue weighted by Gasteiger charge is -2.33. The van der Waals surface area contributed by atoms with Gasteiger partial charge < -0.3 is 4.90 Å². The first-order chi connectivity index (χ1) is 17.9. The van der Waals surface area contributed by atoms with Gasteiger partial charge in [-0.15, -0.1) is 0 Å². The largest absolute Gasteiger partial charge is 0.332 e. The number of amides is 1. The number of hydrogen-bond donors (Lipinski definition) is 0. The molecule has 0 spiro atoms. The van der Waals surface area contributed by atoms with Gasteiger partial charge in [-0.3, -0.25) is 14.2 Å². The standard InChI is InChI=1S/C32H37N3O2/c1-5-24-16-18-26(19-17-24)35-31(33-28-15-11-10-14-27(28)32(35)37)29(6-2)34(30(36)22-23(3)4)21-20-25-12-8-7-9-13-25/h7-19,23,29H,5-6,20-22H2,1-4H3. The molecule has 0 saturated carbocycles. The van der Waals surface area contributed by atoms with Crippen molar-refractivity contribution >= 4 is 16.8 Å². The van der Waals surface area contributed by atoms with Gasteiger partial charge in [0.05, 0.1) is 22.6 Å². The van der Waals surface area contributed by atoms with Crippen LogP contribution in [-0.2, 0) is 17.6 Å². The zero-order chi connectivity index (χ0) is 26.4. The fraction of sp³-hybridized carbons (Fsp3) is 0.344. The predicted molar refractivity (Wildman–Crippen MR) is 151 cm³/mol. The summed E-state index contributed by atoms with van der Waals surface area (Å²) in [6, 6.07) is 25.4. The van der Waals surface area contributed by atoms with Crippen LogP contribution in [0.5, 0.6) is 0 Å². The summed E-state index contributed by atoms with van der Waals surface area (Å²) in [6.07, 6.45) is 2.77. The molecule has 1 aromatic heterocycles. The van der Waals surface area contributed by atoms with Crippen LogP contribution in [0, 0.1) is 5.92 Å². The smallest absolute Gasteiger partial charge is 0.266 e. The normalized spacial score (nSPS) is 12.1. The van der Waals surface area contributed by atoms with Crippen molar-refractivity contribution in [2.45, 2.75) is 59.4 Å². The van der Waals surface area contributed by atoms with Crippen LogP contribution in [0.15, 0.2) is 83.7 Å². The van der Waals surface area contributed by atoms with Crippen molar-refractivity contribution in [3.05, 3.63) is 106 Å². The lowest BCUT2D eigenvalue weighted by atomic mass is 10.0. The maximum Gasteiger partial charge on any atom is 0.266 e. The molecular weight excluding hydrogens is 458 g/mol. The second kappa shape index (κ2) is 12.0. The van der Waals surface area contributed by atoms with E-state index in [-0.39, 0.29) is 23.4 Å². The van der Waals surface area contributed by atoms with Crippen LogP contribution in [0.4, 0.5) is 0 Å². The molecule has 1 atom stereocenters. The Morgan fingerprint density at radius 2 is 1.57 bits per heavy atom. The first-order valence-electron chi connectivity index (χ1n) is 13.4. The number of aryl methyl sites for hydroxylation is 1. The molecular formula is C32H37N3O2. The Bertz CT molecular complexity index is 1390. The molecule has 4 aromatic rings. The van der Waals surface area contributed by atoms with Crippen LogP contribution in [0.2, 0.25) is 0 Å². The summed E-state index contributed by atoms with van der Waals surface area (Å²) in [5.74, 6) is 0.936. The van der Waals surface area contributed by atoms with E-state index in [0.29, 0.717) is 36.1 Å². The first kappa shape index (κ1) is 26.3. The molecule has 192 valence electrons. The Morgan fingerprint density at radius 1 is 0.892 bits per heavy atom. The van der Waals surface area contributed by atoms with Crippen LogP contribution in [0.1, 0.15) is 63.5 Å². The summed E-state index contributed by atoms with van der Waals surface area (Å²) in [5, 5.41) is 0.574. The third kappa shape index (κ3) is 5.99. The van der Waals surface area contributed by atoms with Gasteiger partial charge in [0.15, 0.2) is 0 Å². The van der Waals surface area contributed by atoms with E-state index in [2.05, 4.69) is 52.0 Å². The minimum absolute atomic E-state index is 0.0908.